The summed E-state index contributed by atoms with van der Waals surface area (Å²) in [6.07, 6.45) is 0. The molecule has 0 aromatic carbocycles. The molecule has 0 bridgehead atoms. The van der Waals surface area contributed by atoms with E-state index in [0.717, 1.165) is 15.6 Å². The first-order chi connectivity index (χ1) is 7.04. The predicted octanol–water partition coefficient (Wildman–Crippen LogP) is 1.58. The number of carbonyl (C=O) groups excluding carboxylic acids is 1. The number of hydrogen-bond donors (Lipinski definition) is 1. The fourth-order valence-electron chi connectivity index (χ4n) is 1.43. The van der Waals surface area contributed by atoms with E-state index in [1.54, 1.807) is 11.3 Å². The smallest absolute Gasteiger partial charge is 0.246 e. The van der Waals surface area contributed by atoms with Crippen molar-refractivity contribution in [2.24, 2.45) is 0 Å². The summed E-state index contributed by atoms with van der Waals surface area (Å²) in [5.74, 6) is -0.101. The third-order valence-corrected chi connectivity index (χ3v) is 3.24. The van der Waals surface area contributed by atoms with Gasteiger partial charge in [0.1, 0.15) is 6.61 Å². The fourth-order valence-corrected chi connectivity index (χ4v) is 2.36. The molecule has 0 fully saturated rings. The summed E-state index contributed by atoms with van der Waals surface area (Å²) >= 11 is 1.62. The van der Waals surface area contributed by atoms with E-state index in [0.29, 0.717) is 0 Å². The van der Waals surface area contributed by atoms with E-state index in [1.165, 1.54) is 7.11 Å². The van der Waals surface area contributed by atoms with E-state index in [-0.39, 0.29) is 18.6 Å². The Morgan fingerprint density at radius 1 is 1.60 bits per heavy atom. The van der Waals surface area contributed by atoms with Gasteiger partial charge in [-0.15, -0.1) is 11.3 Å². The maximum absolute atomic E-state index is 11.3. The molecule has 5 heteroatoms. The van der Waals surface area contributed by atoms with E-state index >= 15 is 0 Å². The van der Waals surface area contributed by atoms with Gasteiger partial charge in [0.15, 0.2) is 0 Å². The predicted molar refractivity (Wildman–Crippen MR) is 60.0 cm³/mol. The van der Waals surface area contributed by atoms with Crippen molar-refractivity contribution in [3.63, 3.8) is 0 Å². The Kier molecular flexibility index (Phi) is 4.23. The maximum atomic E-state index is 11.3. The molecule has 0 aliphatic carbocycles. The molecule has 0 aliphatic heterocycles. The normalized spacial score (nSPS) is 12.5. The molecule has 1 amide bonds. The molecule has 1 heterocycles. The van der Waals surface area contributed by atoms with Gasteiger partial charge in [0.25, 0.3) is 0 Å². The van der Waals surface area contributed by atoms with Crippen molar-refractivity contribution in [1.29, 1.82) is 0 Å². The SMILES string of the molecule is COCC(=O)NC(C)c1sc(C)nc1C. The second-order valence-electron chi connectivity index (χ2n) is 3.40. The van der Waals surface area contributed by atoms with E-state index in [1.807, 2.05) is 20.8 Å². The molecule has 0 spiro atoms. The minimum Gasteiger partial charge on any atom is -0.375 e. The number of carbonyl (C=O) groups is 1. The molecule has 1 aromatic rings. The van der Waals surface area contributed by atoms with E-state index in [9.17, 15) is 4.79 Å². The van der Waals surface area contributed by atoms with Crippen LogP contribution in [0.3, 0.4) is 0 Å². The third-order valence-electron chi connectivity index (χ3n) is 1.99. The lowest BCUT2D eigenvalue weighted by molar-refractivity contribution is -0.125. The van der Waals surface area contributed by atoms with Gasteiger partial charge in [0.05, 0.1) is 16.7 Å². The van der Waals surface area contributed by atoms with E-state index < -0.39 is 0 Å². The highest BCUT2D eigenvalue weighted by atomic mass is 32.1. The molecule has 84 valence electrons. The standard InChI is InChI=1S/C10H16N2O2S/c1-6-10(15-8(3)11-6)7(2)12-9(13)5-14-4/h7H,5H2,1-4H3,(H,12,13). The maximum Gasteiger partial charge on any atom is 0.246 e. The van der Waals surface area contributed by atoms with Gasteiger partial charge in [0.2, 0.25) is 5.91 Å². The average molecular weight is 228 g/mol. The molecule has 1 rings (SSSR count). The first-order valence-corrected chi connectivity index (χ1v) is 5.58. The van der Waals surface area contributed by atoms with Crippen molar-refractivity contribution in [2.75, 3.05) is 13.7 Å². The number of thiazole rings is 1. The van der Waals surface area contributed by atoms with Crippen molar-refractivity contribution in [3.8, 4) is 0 Å². The zero-order chi connectivity index (χ0) is 11.4. The number of nitrogens with one attached hydrogen (secondary N) is 1. The van der Waals surface area contributed by atoms with Crippen molar-refractivity contribution >= 4 is 17.2 Å². The van der Waals surface area contributed by atoms with Gasteiger partial charge in [-0.05, 0) is 20.8 Å². The molecule has 0 saturated carbocycles. The first kappa shape index (κ1) is 12.1. The van der Waals surface area contributed by atoms with Crippen molar-refractivity contribution in [3.05, 3.63) is 15.6 Å². The van der Waals surface area contributed by atoms with Crippen LogP contribution in [0, 0.1) is 13.8 Å². The van der Waals surface area contributed by atoms with Crippen molar-refractivity contribution in [1.82, 2.24) is 10.3 Å². The zero-order valence-corrected chi connectivity index (χ0v) is 10.3. The lowest BCUT2D eigenvalue weighted by Gasteiger charge is -2.12. The van der Waals surface area contributed by atoms with E-state index in [4.69, 9.17) is 4.74 Å². The molecule has 4 nitrogen and oxygen atoms in total. The number of nitrogens with zero attached hydrogens (tertiary/aromatic N) is 1. The number of rotatable bonds is 4. The number of aromatic nitrogens is 1. The van der Waals surface area contributed by atoms with Gasteiger partial charge in [-0.1, -0.05) is 0 Å². The second-order valence-corrected chi connectivity index (χ2v) is 4.64. The zero-order valence-electron chi connectivity index (χ0n) is 9.46. The number of aryl methyl sites for hydroxylation is 2. The van der Waals surface area contributed by atoms with Gasteiger partial charge in [-0.25, -0.2) is 4.98 Å². The minimum atomic E-state index is -0.101. The Balaban J connectivity index is 2.64. The Morgan fingerprint density at radius 3 is 2.73 bits per heavy atom. The summed E-state index contributed by atoms with van der Waals surface area (Å²) in [6.45, 7) is 5.97. The van der Waals surface area contributed by atoms with Gasteiger partial charge in [-0.2, -0.15) is 0 Å². The highest BCUT2D eigenvalue weighted by Gasteiger charge is 2.14. The van der Waals surface area contributed by atoms with Crippen LogP contribution in [0.2, 0.25) is 0 Å². The monoisotopic (exact) mass is 228 g/mol. The molecule has 1 N–H and O–H groups in total. The molecule has 0 radical (unpaired) electrons. The topological polar surface area (TPSA) is 51.2 Å². The quantitative estimate of drug-likeness (QED) is 0.851. The Labute approximate surface area is 93.7 Å². The van der Waals surface area contributed by atoms with Crippen LogP contribution in [0.5, 0.6) is 0 Å². The summed E-state index contributed by atoms with van der Waals surface area (Å²) in [4.78, 5) is 16.7. The molecule has 1 unspecified atom stereocenters. The van der Waals surface area contributed by atoms with Crippen molar-refractivity contribution in [2.45, 2.75) is 26.8 Å². The number of hydrogen-bond acceptors (Lipinski definition) is 4. The summed E-state index contributed by atoms with van der Waals surface area (Å²) < 4.78 is 4.75. The average Bonchev–Trinajstić information content (AvgIpc) is 2.45. The van der Waals surface area contributed by atoms with Gasteiger partial charge >= 0.3 is 0 Å². The molecular weight excluding hydrogens is 212 g/mol. The fraction of sp³-hybridized carbons (Fsp3) is 0.600. The number of ether oxygens (including phenoxy) is 1. The van der Waals surface area contributed by atoms with Crippen LogP contribution in [-0.4, -0.2) is 24.6 Å². The largest absolute Gasteiger partial charge is 0.375 e. The minimum absolute atomic E-state index is 0.00106. The van der Waals surface area contributed by atoms with Crippen LogP contribution in [0.4, 0.5) is 0 Å². The molecule has 15 heavy (non-hydrogen) atoms. The molecule has 1 aromatic heterocycles. The molecule has 1 atom stereocenters. The second kappa shape index (κ2) is 5.23. The van der Waals surface area contributed by atoms with Gasteiger partial charge < -0.3 is 10.1 Å². The lowest BCUT2D eigenvalue weighted by Crippen LogP contribution is -2.29. The Bertz CT molecular complexity index is 349. The number of methoxy groups -OCH3 is 1. The summed E-state index contributed by atoms with van der Waals surface area (Å²) in [5, 5.41) is 3.88. The summed E-state index contributed by atoms with van der Waals surface area (Å²) in [6, 6.07) is -0.00106. The van der Waals surface area contributed by atoms with Crippen LogP contribution < -0.4 is 5.32 Å². The Hall–Kier alpha value is -0.940. The van der Waals surface area contributed by atoms with Crippen LogP contribution in [0.15, 0.2) is 0 Å². The highest BCUT2D eigenvalue weighted by Crippen LogP contribution is 2.24. The van der Waals surface area contributed by atoms with Crippen LogP contribution in [0.1, 0.15) is 28.5 Å². The van der Waals surface area contributed by atoms with Crippen molar-refractivity contribution < 1.29 is 9.53 Å². The molecular formula is C10H16N2O2S. The third kappa shape index (κ3) is 3.28. The van der Waals surface area contributed by atoms with Gasteiger partial charge in [0, 0.05) is 12.0 Å². The van der Waals surface area contributed by atoms with Crippen LogP contribution >= 0.6 is 11.3 Å². The first-order valence-electron chi connectivity index (χ1n) is 4.76. The number of amides is 1. The Morgan fingerprint density at radius 2 is 2.27 bits per heavy atom. The molecule has 0 aliphatic rings. The van der Waals surface area contributed by atoms with Crippen LogP contribution in [0.25, 0.3) is 0 Å². The van der Waals surface area contributed by atoms with Gasteiger partial charge in [-0.3, -0.25) is 4.79 Å². The highest BCUT2D eigenvalue weighted by molar-refractivity contribution is 7.11. The molecule has 0 saturated heterocycles. The summed E-state index contributed by atoms with van der Waals surface area (Å²) in [7, 11) is 1.51. The van der Waals surface area contributed by atoms with E-state index in [2.05, 4.69) is 10.3 Å². The lowest BCUT2D eigenvalue weighted by atomic mass is 10.2. The summed E-state index contributed by atoms with van der Waals surface area (Å²) in [5.41, 5.74) is 0.989. The van der Waals surface area contributed by atoms with Crippen LogP contribution in [-0.2, 0) is 9.53 Å².